The highest BCUT2D eigenvalue weighted by atomic mass is 16.5. The van der Waals surface area contributed by atoms with Crippen LogP contribution >= 0.6 is 0 Å². The van der Waals surface area contributed by atoms with Crippen molar-refractivity contribution in [3.05, 3.63) is 18.5 Å². The first-order valence-corrected chi connectivity index (χ1v) is 11.7. The summed E-state index contributed by atoms with van der Waals surface area (Å²) in [6.45, 7) is 3.87. The number of ether oxygens (including phenoxy) is 3. The highest BCUT2D eigenvalue weighted by Gasteiger charge is 2.31. The molecule has 0 bridgehead atoms. The lowest BCUT2D eigenvalue weighted by Crippen LogP contribution is -2.52. The molecule has 0 radical (unpaired) electrons. The van der Waals surface area contributed by atoms with Gasteiger partial charge in [0.05, 0.1) is 45.3 Å². The SMILES string of the molecule is [2H]C([2H])([2H])OC1CN(c2nn(CC3CCOC3)c3cc(-c4nn(C5CCCCO5)cc4N)ncc23)C1. The molecule has 2 unspecified atom stereocenters. The lowest BCUT2D eigenvalue weighted by atomic mass is 10.1. The summed E-state index contributed by atoms with van der Waals surface area (Å²) in [5.41, 5.74) is 9.15. The maximum absolute atomic E-state index is 7.35. The average molecular weight is 457 g/mol. The van der Waals surface area contributed by atoms with Crippen LogP contribution in [0.4, 0.5) is 11.5 Å². The number of anilines is 2. The number of hydrogen-bond donors (Lipinski definition) is 1. The zero-order valence-corrected chi connectivity index (χ0v) is 18.5. The van der Waals surface area contributed by atoms with Crippen molar-refractivity contribution < 1.29 is 18.3 Å². The molecule has 3 aromatic heterocycles. The Kier molecular flexibility index (Phi) is 4.62. The number of aromatic nitrogens is 5. The first-order valence-electron chi connectivity index (χ1n) is 13.2. The summed E-state index contributed by atoms with van der Waals surface area (Å²) in [7, 11) is -2.40. The normalized spacial score (nSPS) is 25.7. The fraction of sp³-hybridized carbons (Fsp3) is 0.609. The third-order valence-electron chi connectivity index (χ3n) is 6.84. The molecule has 33 heavy (non-hydrogen) atoms. The van der Waals surface area contributed by atoms with Crippen molar-refractivity contribution in [3.63, 3.8) is 0 Å². The van der Waals surface area contributed by atoms with Gasteiger partial charge in [-0.25, -0.2) is 4.68 Å². The molecule has 6 heterocycles. The molecule has 10 heteroatoms. The number of rotatable bonds is 6. The molecular weight excluding hydrogens is 422 g/mol. The molecule has 2 atom stereocenters. The Bertz CT molecular complexity index is 1230. The van der Waals surface area contributed by atoms with Crippen LogP contribution in [0.5, 0.6) is 0 Å². The Balaban J connectivity index is 1.31. The summed E-state index contributed by atoms with van der Waals surface area (Å²) < 4.78 is 42.4. The van der Waals surface area contributed by atoms with Gasteiger partial charge < -0.3 is 24.8 Å². The van der Waals surface area contributed by atoms with Crippen molar-refractivity contribution in [1.82, 2.24) is 24.5 Å². The predicted molar refractivity (Wildman–Crippen MR) is 124 cm³/mol. The molecule has 0 spiro atoms. The summed E-state index contributed by atoms with van der Waals surface area (Å²) in [6, 6.07) is 1.99. The smallest absolute Gasteiger partial charge is 0.160 e. The Labute approximate surface area is 196 Å². The second-order valence-corrected chi connectivity index (χ2v) is 9.20. The number of nitrogens with zero attached hydrogens (tertiary/aromatic N) is 6. The molecular formula is C23H31N7O3. The third-order valence-corrected chi connectivity index (χ3v) is 6.84. The molecule has 3 aliphatic heterocycles. The van der Waals surface area contributed by atoms with Gasteiger partial charge in [-0.2, -0.15) is 10.2 Å². The topological polar surface area (TPSA) is 105 Å². The number of methoxy groups -OCH3 is 1. The molecule has 3 fully saturated rings. The van der Waals surface area contributed by atoms with Crippen molar-refractivity contribution in [1.29, 1.82) is 0 Å². The zero-order valence-electron chi connectivity index (χ0n) is 21.5. The van der Waals surface area contributed by atoms with Crippen molar-refractivity contribution >= 4 is 22.4 Å². The minimum absolute atomic E-state index is 0.102. The van der Waals surface area contributed by atoms with Crippen LogP contribution in [0.1, 0.15) is 36.0 Å². The van der Waals surface area contributed by atoms with Gasteiger partial charge in [-0.15, -0.1) is 0 Å². The van der Waals surface area contributed by atoms with Gasteiger partial charge in [0.15, 0.2) is 5.82 Å². The number of nitrogens with two attached hydrogens (primary N) is 1. The number of fused-ring (bicyclic) bond motifs is 1. The van der Waals surface area contributed by atoms with Crippen LogP contribution in [0.3, 0.4) is 0 Å². The Morgan fingerprint density at radius 2 is 2.18 bits per heavy atom. The van der Waals surface area contributed by atoms with E-state index in [1.165, 1.54) is 0 Å². The van der Waals surface area contributed by atoms with Crippen LogP contribution in [0.25, 0.3) is 22.3 Å². The van der Waals surface area contributed by atoms with Crippen LogP contribution in [-0.4, -0.2) is 70.6 Å². The summed E-state index contributed by atoms with van der Waals surface area (Å²) in [6.07, 6.45) is 7.25. The van der Waals surface area contributed by atoms with Gasteiger partial charge in [0, 0.05) is 52.0 Å². The fourth-order valence-corrected chi connectivity index (χ4v) is 4.90. The maximum Gasteiger partial charge on any atom is 0.160 e. The van der Waals surface area contributed by atoms with E-state index in [4.69, 9.17) is 39.2 Å². The Morgan fingerprint density at radius 3 is 2.97 bits per heavy atom. The van der Waals surface area contributed by atoms with Gasteiger partial charge in [0.1, 0.15) is 11.9 Å². The standard InChI is InChI=1S/C23H31N7O3/c1-31-16-11-28(12-16)23-17-9-25-19(8-20(17)29(27-23)10-15-5-7-32-14-15)22-18(24)13-30(26-22)21-4-2-3-6-33-21/h8-9,13,15-16,21H,2-7,10-12,14,24H2,1H3/i1D3. The fourth-order valence-electron chi connectivity index (χ4n) is 4.90. The van der Waals surface area contributed by atoms with E-state index in [0.717, 1.165) is 62.2 Å². The predicted octanol–water partition coefficient (Wildman–Crippen LogP) is 2.45. The lowest BCUT2D eigenvalue weighted by molar-refractivity contribution is -0.0393. The molecule has 3 saturated heterocycles. The number of pyridine rings is 1. The van der Waals surface area contributed by atoms with Crippen molar-refractivity contribution in [2.75, 3.05) is 50.6 Å². The zero-order chi connectivity index (χ0) is 24.9. The minimum Gasteiger partial charge on any atom is -0.396 e. The monoisotopic (exact) mass is 456 g/mol. The van der Waals surface area contributed by atoms with Gasteiger partial charge >= 0.3 is 0 Å². The van der Waals surface area contributed by atoms with E-state index >= 15 is 0 Å². The third kappa shape index (κ3) is 3.85. The van der Waals surface area contributed by atoms with E-state index in [-0.39, 0.29) is 12.3 Å². The lowest BCUT2D eigenvalue weighted by Gasteiger charge is -2.38. The molecule has 0 aliphatic carbocycles. The van der Waals surface area contributed by atoms with E-state index in [2.05, 4.69) is 0 Å². The summed E-state index contributed by atoms with van der Waals surface area (Å²) >= 11 is 0. The van der Waals surface area contributed by atoms with Crippen LogP contribution in [-0.2, 0) is 20.8 Å². The average Bonchev–Trinajstić information content (AvgIpc) is 3.56. The van der Waals surface area contributed by atoms with Gasteiger partial charge in [0.2, 0.25) is 0 Å². The number of hydrogen-bond acceptors (Lipinski definition) is 8. The van der Waals surface area contributed by atoms with Crippen molar-refractivity contribution in [2.24, 2.45) is 5.92 Å². The minimum atomic E-state index is -2.40. The van der Waals surface area contributed by atoms with Crippen LogP contribution in [0.2, 0.25) is 0 Å². The molecule has 0 saturated carbocycles. The molecule has 0 aromatic carbocycles. The Morgan fingerprint density at radius 1 is 1.24 bits per heavy atom. The maximum atomic E-state index is 7.35. The second kappa shape index (κ2) is 8.58. The van der Waals surface area contributed by atoms with Crippen molar-refractivity contribution in [3.8, 4) is 11.4 Å². The van der Waals surface area contributed by atoms with Gasteiger partial charge in [-0.1, -0.05) is 0 Å². The highest BCUT2D eigenvalue weighted by molar-refractivity contribution is 5.93. The largest absolute Gasteiger partial charge is 0.396 e. The Hall–Kier alpha value is -2.69. The van der Waals surface area contributed by atoms with E-state index in [1.54, 1.807) is 4.68 Å². The van der Waals surface area contributed by atoms with Gasteiger partial charge in [-0.05, 0) is 31.7 Å². The van der Waals surface area contributed by atoms with Crippen molar-refractivity contribution in [2.45, 2.75) is 44.6 Å². The first-order chi connectivity index (χ1) is 17.3. The molecule has 2 N–H and O–H groups in total. The molecule has 0 amide bonds. The summed E-state index contributed by atoms with van der Waals surface area (Å²) in [5, 5.41) is 10.5. The van der Waals surface area contributed by atoms with E-state index in [1.807, 2.05) is 28.0 Å². The molecule has 6 rings (SSSR count). The van der Waals surface area contributed by atoms with E-state index in [0.29, 0.717) is 42.7 Å². The van der Waals surface area contributed by atoms with E-state index in [9.17, 15) is 0 Å². The van der Waals surface area contributed by atoms with Crippen LogP contribution in [0, 0.1) is 5.92 Å². The number of nitrogen functional groups attached to an aromatic ring is 1. The van der Waals surface area contributed by atoms with Crippen LogP contribution < -0.4 is 10.6 Å². The van der Waals surface area contributed by atoms with E-state index < -0.39 is 7.04 Å². The molecule has 10 nitrogen and oxygen atoms in total. The second-order valence-electron chi connectivity index (χ2n) is 9.20. The molecule has 176 valence electrons. The molecule has 3 aliphatic rings. The van der Waals surface area contributed by atoms with Gasteiger partial charge in [0.25, 0.3) is 0 Å². The summed E-state index contributed by atoms with van der Waals surface area (Å²) in [5.74, 6) is 1.16. The summed E-state index contributed by atoms with van der Waals surface area (Å²) in [4.78, 5) is 6.73. The first kappa shape index (κ1) is 17.7. The van der Waals surface area contributed by atoms with Crippen LogP contribution in [0.15, 0.2) is 18.5 Å². The highest BCUT2D eigenvalue weighted by Crippen LogP contribution is 2.34. The quantitative estimate of drug-likeness (QED) is 0.603. The van der Waals surface area contributed by atoms with Gasteiger partial charge in [-0.3, -0.25) is 9.67 Å². The molecule has 3 aromatic rings.